The molecule has 15 heavy (non-hydrogen) atoms. The number of hydrogen-bond donors (Lipinski definition) is 1. The molecule has 0 bridgehead atoms. The highest BCUT2D eigenvalue weighted by Gasteiger charge is 2.23. The molecular weight excluding hydrogens is 188 g/mol. The molecular formula is C11H22N4. The van der Waals surface area contributed by atoms with Gasteiger partial charge in [-0.15, -0.1) is 0 Å². The molecule has 4 heteroatoms. The van der Waals surface area contributed by atoms with E-state index in [9.17, 15) is 0 Å². The highest BCUT2D eigenvalue weighted by atomic mass is 15.3. The Morgan fingerprint density at radius 1 is 1.40 bits per heavy atom. The first-order valence-electron chi connectivity index (χ1n) is 5.51. The monoisotopic (exact) mass is 210 g/mol. The minimum atomic E-state index is 0.00288. The van der Waals surface area contributed by atoms with E-state index in [0.717, 1.165) is 18.1 Å². The number of hydrogen-bond acceptors (Lipinski definition) is 3. The molecule has 86 valence electrons. The first-order valence-corrected chi connectivity index (χ1v) is 5.51. The summed E-state index contributed by atoms with van der Waals surface area (Å²) in [7, 11) is 1.94. The Morgan fingerprint density at radius 3 is 2.33 bits per heavy atom. The maximum absolute atomic E-state index is 5.72. The Balaban J connectivity index is 3.06. The summed E-state index contributed by atoms with van der Waals surface area (Å²) in [5.41, 5.74) is 5.72. The second-order valence-electron chi connectivity index (χ2n) is 5.01. The van der Waals surface area contributed by atoms with Gasteiger partial charge in [-0.2, -0.15) is 5.10 Å². The van der Waals surface area contributed by atoms with Crippen molar-refractivity contribution in [3.05, 3.63) is 11.6 Å². The molecule has 1 aromatic heterocycles. The normalized spacial score (nSPS) is 14.3. The lowest BCUT2D eigenvalue weighted by Gasteiger charge is -2.12. The highest BCUT2D eigenvalue weighted by Crippen LogP contribution is 2.22. The van der Waals surface area contributed by atoms with Gasteiger partial charge in [-0.05, 0) is 6.42 Å². The van der Waals surface area contributed by atoms with E-state index in [0.29, 0.717) is 12.5 Å². The van der Waals surface area contributed by atoms with Crippen LogP contribution in [-0.4, -0.2) is 21.3 Å². The van der Waals surface area contributed by atoms with Crippen LogP contribution in [0, 0.1) is 0 Å². The molecule has 1 aromatic rings. The van der Waals surface area contributed by atoms with Crippen LogP contribution in [0.25, 0.3) is 0 Å². The maximum Gasteiger partial charge on any atom is 0.156 e. The van der Waals surface area contributed by atoms with Crippen LogP contribution < -0.4 is 5.73 Å². The number of rotatable bonds is 3. The summed E-state index contributed by atoms with van der Waals surface area (Å²) in [6.07, 6.45) is 1.01. The van der Waals surface area contributed by atoms with Crippen LogP contribution in [0.1, 0.15) is 51.7 Å². The molecule has 0 fully saturated rings. The molecule has 4 nitrogen and oxygen atoms in total. The summed E-state index contributed by atoms with van der Waals surface area (Å²) in [6, 6.07) is 0. The van der Waals surface area contributed by atoms with Gasteiger partial charge in [-0.3, -0.25) is 4.68 Å². The van der Waals surface area contributed by atoms with Crippen molar-refractivity contribution in [1.82, 2.24) is 14.8 Å². The summed E-state index contributed by atoms with van der Waals surface area (Å²) >= 11 is 0. The van der Waals surface area contributed by atoms with E-state index in [2.05, 4.69) is 37.8 Å². The summed E-state index contributed by atoms with van der Waals surface area (Å²) in [5, 5.41) is 4.45. The molecule has 1 unspecified atom stereocenters. The first-order chi connectivity index (χ1) is 6.90. The van der Waals surface area contributed by atoms with Crippen molar-refractivity contribution in [2.45, 2.75) is 45.4 Å². The van der Waals surface area contributed by atoms with Crippen LogP contribution in [0.4, 0.5) is 0 Å². The molecule has 0 aliphatic heterocycles. The molecule has 0 spiro atoms. The fourth-order valence-corrected chi connectivity index (χ4v) is 1.52. The third-order valence-electron chi connectivity index (χ3n) is 2.61. The SMILES string of the molecule is CCC(CN)c1nc(C(C)(C)C)nn1C. The van der Waals surface area contributed by atoms with Crippen LogP contribution in [0.3, 0.4) is 0 Å². The lowest BCUT2D eigenvalue weighted by Crippen LogP contribution is -2.16. The Hall–Kier alpha value is -0.900. The molecule has 0 aliphatic rings. The second kappa shape index (κ2) is 4.31. The highest BCUT2D eigenvalue weighted by molar-refractivity contribution is 5.06. The predicted octanol–water partition coefficient (Wildman–Crippen LogP) is 1.56. The van der Waals surface area contributed by atoms with Crippen molar-refractivity contribution in [2.75, 3.05) is 6.54 Å². The van der Waals surface area contributed by atoms with Crippen molar-refractivity contribution < 1.29 is 0 Å². The summed E-state index contributed by atoms with van der Waals surface area (Å²) < 4.78 is 1.86. The van der Waals surface area contributed by atoms with E-state index in [1.807, 2.05) is 11.7 Å². The van der Waals surface area contributed by atoms with E-state index in [-0.39, 0.29) is 5.41 Å². The molecule has 2 N–H and O–H groups in total. The predicted molar refractivity (Wildman–Crippen MR) is 61.8 cm³/mol. The van der Waals surface area contributed by atoms with E-state index < -0.39 is 0 Å². The number of aryl methyl sites for hydroxylation is 1. The largest absolute Gasteiger partial charge is 0.330 e. The molecule has 0 aromatic carbocycles. The summed E-state index contributed by atoms with van der Waals surface area (Å²) in [4.78, 5) is 4.59. The number of nitrogens with zero attached hydrogens (tertiary/aromatic N) is 3. The van der Waals surface area contributed by atoms with Gasteiger partial charge in [0, 0.05) is 24.9 Å². The van der Waals surface area contributed by atoms with Gasteiger partial charge in [0.1, 0.15) is 5.82 Å². The molecule has 0 saturated heterocycles. The lowest BCUT2D eigenvalue weighted by atomic mass is 9.96. The Morgan fingerprint density at radius 2 is 2.00 bits per heavy atom. The first kappa shape index (κ1) is 12.2. The quantitative estimate of drug-likeness (QED) is 0.823. The van der Waals surface area contributed by atoms with Crippen molar-refractivity contribution in [3.8, 4) is 0 Å². The van der Waals surface area contributed by atoms with Gasteiger partial charge in [-0.25, -0.2) is 4.98 Å². The van der Waals surface area contributed by atoms with Crippen LogP contribution in [-0.2, 0) is 12.5 Å². The molecule has 0 amide bonds. The second-order valence-corrected chi connectivity index (χ2v) is 5.01. The van der Waals surface area contributed by atoms with Crippen LogP contribution in [0.5, 0.6) is 0 Å². The van der Waals surface area contributed by atoms with Crippen molar-refractivity contribution in [1.29, 1.82) is 0 Å². The standard InChI is InChI=1S/C11H22N4/c1-6-8(7-12)9-13-10(11(2,3)4)14-15(9)5/h8H,6-7,12H2,1-5H3. The lowest BCUT2D eigenvalue weighted by molar-refractivity contribution is 0.538. The van der Waals surface area contributed by atoms with Gasteiger partial charge < -0.3 is 5.73 Å². The van der Waals surface area contributed by atoms with Gasteiger partial charge >= 0.3 is 0 Å². The summed E-state index contributed by atoms with van der Waals surface area (Å²) in [5.74, 6) is 2.22. The molecule has 1 rings (SSSR count). The van der Waals surface area contributed by atoms with Crippen LogP contribution in [0.15, 0.2) is 0 Å². The summed E-state index contributed by atoms with van der Waals surface area (Å²) in [6.45, 7) is 9.12. The molecule has 0 saturated carbocycles. The smallest absolute Gasteiger partial charge is 0.156 e. The van der Waals surface area contributed by atoms with Gasteiger partial charge in [0.15, 0.2) is 5.82 Å². The van der Waals surface area contributed by atoms with Crippen molar-refractivity contribution in [3.63, 3.8) is 0 Å². The number of nitrogens with two attached hydrogens (primary N) is 1. The topological polar surface area (TPSA) is 56.7 Å². The molecule has 1 atom stereocenters. The minimum Gasteiger partial charge on any atom is -0.330 e. The Kier molecular flexibility index (Phi) is 3.50. The minimum absolute atomic E-state index is 0.00288. The Bertz CT molecular complexity index is 318. The van der Waals surface area contributed by atoms with Gasteiger partial charge in [-0.1, -0.05) is 27.7 Å². The zero-order chi connectivity index (χ0) is 11.6. The number of aromatic nitrogens is 3. The molecule has 1 heterocycles. The maximum atomic E-state index is 5.72. The zero-order valence-corrected chi connectivity index (χ0v) is 10.4. The molecule has 0 radical (unpaired) electrons. The zero-order valence-electron chi connectivity index (χ0n) is 10.4. The fourth-order valence-electron chi connectivity index (χ4n) is 1.52. The van der Waals surface area contributed by atoms with Crippen LogP contribution in [0.2, 0.25) is 0 Å². The van der Waals surface area contributed by atoms with Crippen molar-refractivity contribution in [2.24, 2.45) is 12.8 Å². The van der Waals surface area contributed by atoms with E-state index in [1.54, 1.807) is 0 Å². The Labute approximate surface area is 91.9 Å². The van der Waals surface area contributed by atoms with E-state index in [1.165, 1.54) is 0 Å². The fraction of sp³-hybridized carbons (Fsp3) is 0.818. The third kappa shape index (κ3) is 2.56. The van der Waals surface area contributed by atoms with E-state index in [4.69, 9.17) is 5.73 Å². The van der Waals surface area contributed by atoms with E-state index >= 15 is 0 Å². The van der Waals surface area contributed by atoms with Crippen molar-refractivity contribution >= 4 is 0 Å². The third-order valence-corrected chi connectivity index (χ3v) is 2.61. The average Bonchev–Trinajstić information content (AvgIpc) is 2.50. The van der Waals surface area contributed by atoms with Gasteiger partial charge in [0.05, 0.1) is 0 Å². The average molecular weight is 210 g/mol. The van der Waals surface area contributed by atoms with Gasteiger partial charge in [0.2, 0.25) is 0 Å². The molecule has 0 aliphatic carbocycles. The van der Waals surface area contributed by atoms with Gasteiger partial charge in [0.25, 0.3) is 0 Å². The van der Waals surface area contributed by atoms with Crippen LogP contribution >= 0.6 is 0 Å².